The molecular formula is C18H20N6O5. The molecule has 29 heavy (non-hydrogen) atoms. The molecule has 4 rings (SSSR count). The van der Waals surface area contributed by atoms with Crippen molar-refractivity contribution >= 4 is 5.82 Å². The summed E-state index contributed by atoms with van der Waals surface area (Å²) in [6.45, 7) is -0.326. The van der Waals surface area contributed by atoms with Crippen molar-refractivity contribution in [1.29, 1.82) is 0 Å². The lowest BCUT2D eigenvalue weighted by atomic mass is 10.1. The van der Waals surface area contributed by atoms with Gasteiger partial charge in [0.2, 0.25) is 0 Å². The Labute approximate surface area is 164 Å². The van der Waals surface area contributed by atoms with E-state index in [1.54, 1.807) is 10.9 Å². The topological polar surface area (TPSA) is 162 Å². The number of aliphatic hydroxyl groups is 3. The number of hydrogen-bond acceptors (Lipinski definition) is 9. The van der Waals surface area contributed by atoms with E-state index in [0.29, 0.717) is 11.3 Å². The highest BCUT2D eigenvalue weighted by Crippen LogP contribution is 2.28. The zero-order valence-electron chi connectivity index (χ0n) is 15.2. The van der Waals surface area contributed by atoms with Crippen LogP contribution in [-0.2, 0) is 11.3 Å². The zero-order valence-corrected chi connectivity index (χ0v) is 15.2. The van der Waals surface area contributed by atoms with Gasteiger partial charge in [-0.2, -0.15) is 4.98 Å². The number of nitrogen functional groups attached to an aromatic ring is 1. The van der Waals surface area contributed by atoms with E-state index < -0.39 is 36.8 Å². The first kappa shape index (κ1) is 19.2. The van der Waals surface area contributed by atoms with Crippen LogP contribution in [0.3, 0.4) is 0 Å². The van der Waals surface area contributed by atoms with Crippen LogP contribution in [0.4, 0.5) is 5.82 Å². The largest absolute Gasteiger partial charge is 0.394 e. The molecule has 1 unspecified atom stereocenters. The fourth-order valence-corrected chi connectivity index (χ4v) is 3.23. The predicted molar refractivity (Wildman–Crippen MR) is 100 cm³/mol. The number of anilines is 1. The summed E-state index contributed by atoms with van der Waals surface area (Å²) in [7, 11) is 0. The minimum absolute atomic E-state index is 0.00903. The average molecular weight is 400 g/mol. The molecule has 152 valence electrons. The van der Waals surface area contributed by atoms with Gasteiger partial charge in [0.25, 0.3) is 0 Å². The molecule has 0 amide bonds. The molecule has 1 aliphatic heterocycles. The summed E-state index contributed by atoms with van der Waals surface area (Å²) in [6.07, 6.45) is -1.81. The van der Waals surface area contributed by atoms with E-state index in [1.807, 2.05) is 30.3 Å². The Kier molecular flexibility index (Phi) is 5.11. The third-order valence-corrected chi connectivity index (χ3v) is 4.79. The maximum atomic E-state index is 12.3. The van der Waals surface area contributed by atoms with Crippen LogP contribution < -0.4 is 11.4 Å². The molecule has 0 spiro atoms. The van der Waals surface area contributed by atoms with Gasteiger partial charge in [0.1, 0.15) is 29.8 Å². The molecule has 0 aliphatic carbocycles. The van der Waals surface area contributed by atoms with Crippen LogP contribution in [0.1, 0.15) is 11.8 Å². The average Bonchev–Trinajstić information content (AvgIpc) is 3.30. The first-order chi connectivity index (χ1) is 14.0. The van der Waals surface area contributed by atoms with Crippen LogP contribution in [0.2, 0.25) is 0 Å². The number of aliphatic hydroxyl groups excluding tert-OH is 3. The SMILES string of the molecule is Nc1nc(=O)n([C@@H]2O[C@H](CO)C(O)[C@@H]2O)cc1Cn1cc(-c2ccccc2)nn1. The summed E-state index contributed by atoms with van der Waals surface area (Å²) in [5.41, 5.74) is 7.18. The van der Waals surface area contributed by atoms with Gasteiger partial charge in [-0.1, -0.05) is 35.5 Å². The molecule has 5 N–H and O–H groups in total. The van der Waals surface area contributed by atoms with Gasteiger partial charge in [0, 0.05) is 17.3 Å². The van der Waals surface area contributed by atoms with Crippen LogP contribution in [0.15, 0.2) is 47.5 Å². The Morgan fingerprint density at radius 2 is 1.90 bits per heavy atom. The fraction of sp³-hybridized carbons (Fsp3) is 0.333. The molecule has 1 saturated heterocycles. The van der Waals surface area contributed by atoms with Gasteiger partial charge in [-0.25, -0.2) is 9.48 Å². The van der Waals surface area contributed by atoms with E-state index in [4.69, 9.17) is 10.5 Å². The summed E-state index contributed by atoms with van der Waals surface area (Å²) >= 11 is 0. The second-order valence-electron chi connectivity index (χ2n) is 6.74. The molecule has 2 aromatic heterocycles. The molecule has 4 atom stereocenters. The Morgan fingerprint density at radius 1 is 1.14 bits per heavy atom. The minimum Gasteiger partial charge on any atom is -0.394 e. The molecule has 1 aromatic carbocycles. The normalized spacial score (nSPS) is 24.1. The van der Waals surface area contributed by atoms with Crippen LogP contribution in [-0.4, -0.2) is 64.8 Å². The minimum atomic E-state index is -1.40. The van der Waals surface area contributed by atoms with Gasteiger partial charge in [0.15, 0.2) is 6.23 Å². The molecule has 0 saturated carbocycles. The van der Waals surface area contributed by atoms with Crippen LogP contribution in [0.25, 0.3) is 11.3 Å². The summed E-state index contributed by atoms with van der Waals surface area (Å²) in [5.74, 6) is 0.00903. The van der Waals surface area contributed by atoms with Crippen molar-refractivity contribution in [3.8, 4) is 11.3 Å². The Hall–Kier alpha value is -3.12. The summed E-state index contributed by atoms with van der Waals surface area (Å²) in [5, 5.41) is 37.6. The highest BCUT2D eigenvalue weighted by Gasteiger charge is 2.43. The molecule has 0 bridgehead atoms. The number of nitrogens with two attached hydrogens (primary N) is 1. The third kappa shape index (κ3) is 3.63. The van der Waals surface area contributed by atoms with E-state index in [2.05, 4.69) is 15.3 Å². The summed E-state index contributed by atoms with van der Waals surface area (Å²) < 4.78 is 8.00. The lowest BCUT2D eigenvalue weighted by molar-refractivity contribution is -0.0550. The van der Waals surface area contributed by atoms with E-state index in [0.717, 1.165) is 10.1 Å². The number of rotatable bonds is 5. The van der Waals surface area contributed by atoms with Crippen LogP contribution in [0, 0.1) is 0 Å². The summed E-state index contributed by atoms with van der Waals surface area (Å²) in [6, 6.07) is 9.51. The van der Waals surface area contributed by atoms with Crippen LogP contribution in [0.5, 0.6) is 0 Å². The molecule has 3 heterocycles. The number of nitrogens with zero attached hydrogens (tertiary/aromatic N) is 5. The number of ether oxygens (including phenoxy) is 1. The molecule has 3 aromatic rings. The van der Waals surface area contributed by atoms with Crippen LogP contribution >= 0.6 is 0 Å². The monoisotopic (exact) mass is 400 g/mol. The van der Waals surface area contributed by atoms with Crippen molar-refractivity contribution in [1.82, 2.24) is 24.5 Å². The van der Waals surface area contributed by atoms with Crippen molar-refractivity contribution in [3.63, 3.8) is 0 Å². The molecule has 1 fully saturated rings. The number of hydrogen-bond donors (Lipinski definition) is 4. The molecule has 1 aliphatic rings. The lowest BCUT2D eigenvalue weighted by Gasteiger charge is -2.18. The maximum Gasteiger partial charge on any atom is 0.351 e. The Balaban J connectivity index is 1.62. The van der Waals surface area contributed by atoms with Crippen molar-refractivity contribution in [2.45, 2.75) is 31.1 Å². The van der Waals surface area contributed by atoms with E-state index >= 15 is 0 Å². The molecule has 0 radical (unpaired) electrons. The quantitative estimate of drug-likeness (QED) is 0.410. The van der Waals surface area contributed by atoms with E-state index in [-0.39, 0.29) is 12.4 Å². The van der Waals surface area contributed by atoms with Gasteiger partial charge >= 0.3 is 5.69 Å². The highest BCUT2D eigenvalue weighted by atomic mass is 16.6. The molecular weight excluding hydrogens is 380 g/mol. The zero-order chi connectivity index (χ0) is 20.5. The van der Waals surface area contributed by atoms with Gasteiger partial charge in [-0.3, -0.25) is 4.57 Å². The lowest BCUT2D eigenvalue weighted by Crippen LogP contribution is -2.36. The predicted octanol–water partition coefficient (Wildman–Crippen LogP) is -1.26. The Morgan fingerprint density at radius 3 is 2.59 bits per heavy atom. The van der Waals surface area contributed by atoms with Crippen molar-refractivity contribution in [2.24, 2.45) is 0 Å². The Bertz CT molecular complexity index is 1050. The second-order valence-corrected chi connectivity index (χ2v) is 6.74. The van der Waals surface area contributed by atoms with Crippen molar-refractivity contribution < 1.29 is 20.1 Å². The standard InChI is InChI=1S/C18H20N6O5/c19-16-11(6-23-8-12(21-22-23)10-4-2-1-3-5-10)7-24(18(28)20-16)17-15(27)14(26)13(9-25)29-17/h1-5,7-8,13-15,17,25-27H,6,9H2,(H2,19,20,28)/t13-,14?,15+,17-/m1/s1. The smallest absolute Gasteiger partial charge is 0.351 e. The van der Waals surface area contributed by atoms with E-state index in [1.165, 1.54) is 6.20 Å². The van der Waals surface area contributed by atoms with Gasteiger partial charge in [-0.15, -0.1) is 5.10 Å². The van der Waals surface area contributed by atoms with Crippen molar-refractivity contribution in [3.05, 3.63) is 58.8 Å². The summed E-state index contributed by atoms with van der Waals surface area (Å²) in [4.78, 5) is 16.0. The molecule has 11 heteroatoms. The maximum absolute atomic E-state index is 12.3. The highest BCUT2D eigenvalue weighted by molar-refractivity contribution is 5.57. The van der Waals surface area contributed by atoms with Gasteiger partial charge in [0.05, 0.1) is 19.3 Å². The molecule has 11 nitrogen and oxygen atoms in total. The third-order valence-electron chi connectivity index (χ3n) is 4.79. The first-order valence-corrected chi connectivity index (χ1v) is 8.93. The van der Waals surface area contributed by atoms with Gasteiger partial charge < -0.3 is 25.8 Å². The number of benzene rings is 1. The van der Waals surface area contributed by atoms with Gasteiger partial charge in [-0.05, 0) is 0 Å². The fourth-order valence-electron chi connectivity index (χ4n) is 3.23. The first-order valence-electron chi connectivity index (χ1n) is 8.93. The second kappa shape index (κ2) is 7.72. The number of aromatic nitrogens is 5. The van der Waals surface area contributed by atoms with Crippen molar-refractivity contribution in [2.75, 3.05) is 12.3 Å². The van der Waals surface area contributed by atoms with E-state index in [9.17, 15) is 20.1 Å².